The number of amides is 1. The van der Waals surface area contributed by atoms with Crippen molar-refractivity contribution >= 4 is 17.7 Å². The number of hydrogen-bond donors (Lipinski definition) is 0. The third-order valence-electron chi connectivity index (χ3n) is 7.48. The largest absolute Gasteiger partial charge is 0.355 e. The minimum Gasteiger partial charge on any atom is -0.355 e. The first kappa shape index (κ1) is 20.0. The van der Waals surface area contributed by atoms with Gasteiger partial charge in [0.05, 0.1) is 5.69 Å². The molecule has 2 saturated heterocycles. The highest BCUT2D eigenvalue weighted by Crippen LogP contribution is 2.47. The Morgan fingerprint density at radius 2 is 1.83 bits per heavy atom. The summed E-state index contributed by atoms with van der Waals surface area (Å²) in [4.78, 5) is 31.8. The van der Waals surface area contributed by atoms with Crippen molar-refractivity contribution < 1.29 is 4.79 Å². The minimum atomic E-state index is 0.138. The molecule has 30 heavy (non-hydrogen) atoms. The lowest BCUT2D eigenvalue weighted by Gasteiger charge is -2.33. The van der Waals surface area contributed by atoms with Gasteiger partial charge in [0, 0.05) is 69.6 Å². The zero-order valence-electron chi connectivity index (χ0n) is 19.0. The van der Waals surface area contributed by atoms with Gasteiger partial charge in [0.1, 0.15) is 5.82 Å². The van der Waals surface area contributed by atoms with E-state index in [1.54, 1.807) is 0 Å². The molecule has 0 N–H and O–H groups in total. The van der Waals surface area contributed by atoms with Crippen LogP contribution < -0.4 is 9.80 Å². The molecule has 1 amide bonds. The molecule has 3 heterocycles. The summed E-state index contributed by atoms with van der Waals surface area (Å²) in [5, 5.41) is 0. The molecule has 1 saturated carbocycles. The number of carbonyl (C=O) groups excluding carboxylic acids is 1. The zero-order valence-corrected chi connectivity index (χ0v) is 19.0. The molecule has 0 aromatic carbocycles. The van der Waals surface area contributed by atoms with Gasteiger partial charge in [-0.25, -0.2) is 4.98 Å². The molecule has 0 radical (unpaired) electrons. The average molecular weight is 413 g/mol. The van der Waals surface area contributed by atoms with Crippen molar-refractivity contribution in [2.24, 2.45) is 17.3 Å². The normalized spacial score (nSPS) is 28.1. The van der Waals surface area contributed by atoms with Crippen LogP contribution in [0.15, 0.2) is 0 Å². The molecule has 0 unspecified atom stereocenters. The lowest BCUT2D eigenvalue weighted by molar-refractivity contribution is -0.132. The first-order valence-corrected chi connectivity index (χ1v) is 11.6. The quantitative estimate of drug-likeness (QED) is 0.733. The summed E-state index contributed by atoms with van der Waals surface area (Å²) in [6, 6.07) is 0. The molecule has 1 aromatic rings. The van der Waals surface area contributed by atoms with Gasteiger partial charge < -0.3 is 19.6 Å². The molecule has 3 fully saturated rings. The second-order valence-corrected chi connectivity index (χ2v) is 10.5. The molecular weight excluding hydrogens is 376 g/mol. The summed E-state index contributed by atoms with van der Waals surface area (Å²) in [5.74, 6) is 3.22. The smallest absolute Gasteiger partial charge is 0.227 e. The molecule has 2 atom stereocenters. The van der Waals surface area contributed by atoms with Crippen molar-refractivity contribution in [3.8, 4) is 0 Å². The number of anilines is 2. The van der Waals surface area contributed by atoms with E-state index in [-0.39, 0.29) is 5.41 Å². The first-order chi connectivity index (χ1) is 14.4. The van der Waals surface area contributed by atoms with Crippen LogP contribution in [0.1, 0.15) is 36.9 Å². The standard InChI is InChI=1S/C23H36N6O/c1-26(2)13-23-14-28(11-17(23)12-29(15-23)21(30)16-9-10-16)20-18-7-5-6-8-19(18)24-22(25-20)27(3)4/h16-17H,5-15H2,1-4H3/t17-,23+/m0/s1. The Bertz CT molecular complexity index is 835. The molecule has 0 spiro atoms. The molecule has 7 nitrogen and oxygen atoms in total. The Kier molecular flexibility index (Phi) is 4.92. The number of aryl methyl sites for hydroxylation is 1. The van der Waals surface area contributed by atoms with Gasteiger partial charge in [0.2, 0.25) is 11.9 Å². The number of fused-ring (bicyclic) bond motifs is 2. The summed E-state index contributed by atoms with van der Waals surface area (Å²) in [6.07, 6.45) is 6.79. The third kappa shape index (κ3) is 3.45. The van der Waals surface area contributed by atoms with Crippen LogP contribution in [0.3, 0.4) is 0 Å². The van der Waals surface area contributed by atoms with Gasteiger partial charge in [0.25, 0.3) is 0 Å². The summed E-state index contributed by atoms with van der Waals surface area (Å²) in [7, 11) is 8.39. The molecule has 0 bridgehead atoms. The molecule has 164 valence electrons. The van der Waals surface area contributed by atoms with Gasteiger partial charge in [-0.1, -0.05) is 0 Å². The second kappa shape index (κ2) is 7.36. The highest BCUT2D eigenvalue weighted by Gasteiger charge is 2.55. The van der Waals surface area contributed by atoms with Crippen LogP contribution in [-0.4, -0.2) is 86.6 Å². The fraction of sp³-hybridized carbons (Fsp3) is 0.783. The SMILES string of the molecule is CN(C)C[C@@]12CN(C(=O)C3CC3)C[C@@H]1CN(c1nc(N(C)C)nc3c1CCCC3)C2. The molecule has 2 aliphatic carbocycles. The number of likely N-dealkylation sites (tertiary alicyclic amines) is 1. The van der Waals surface area contributed by atoms with Gasteiger partial charge in [-0.05, 0) is 52.6 Å². The van der Waals surface area contributed by atoms with Crippen LogP contribution >= 0.6 is 0 Å². The van der Waals surface area contributed by atoms with E-state index in [1.165, 1.54) is 24.1 Å². The van der Waals surface area contributed by atoms with Gasteiger partial charge in [-0.15, -0.1) is 0 Å². The van der Waals surface area contributed by atoms with Crippen molar-refractivity contribution in [1.82, 2.24) is 19.8 Å². The predicted octanol–water partition coefficient (Wildman–Crippen LogP) is 1.66. The summed E-state index contributed by atoms with van der Waals surface area (Å²) >= 11 is 0. The molecule has 7 heteroatoms. The van der Waals surface area contributed by atoms with Crippen molar-refractivity contribution in [2.45, 2.75) is 38.5 Å². The van der Waals surface area contributed by atoms with E-state index >= 15 is 0 Å². The van der Waals surface area contributed by atoms with Crippen LogP contribution in [0.5, 0.6) is 0 Å². The molecule has 1 aromatic heterocycles. The van der Waals surface area contributed by atoms with E-state index in [1.807, 2.05) is 19.0 Å². The van der Waals surface area contributed by atoms with Crippen LogP contribution in [0, 0.1) is 17.3 Å². The predicted molar refractivity (Wildman–Crippen MR) is 119 cm³/mol. The maximum absolute atomic E-state index is 12.8. The first-order valence-electron chi connectivity index (χ1n) is 11.6. The van der Waals surface area contributed by atoms with Gasteiger partial charge in [-0.2, -0.15) is 4.98 Å². The maximum atomic E-state index is 12.8. The number of carbonyl (C=O) groups is 1. The number of hydrogen-bond acceptors (Lipinski definition) is 6. The highest BCUT2D eigenvalue weighted by molar-refractivity contribution is 5.81. The van der Waals surface area contributed by atoms with Gasteiger partial charge in [0.15, 0.2) is 0 Å². The molecular formula is C23H36N6O. The second-order valence-electron chi connectivity index (χ2n) is 10.5. The van der Waals surface area contributed by atoms with E-state index in [0.717, 1.165) is 70.2 Å². The van der Waals surface area contributed by atoms with Gasteiger partial charge in [-0.3, -0.25) is 4.79 Å². The zero-order chi connectivity index (χ0) is 21.0. The minimum absolute atomic E-state index is 0.138. The number of nitrogens with zero attached hydrogens (tertiary/aromatic N) is 6. The highest BCUT2D eigenvalue weighted by atomic mass is 16.2. The van der Waals surface area contributed by atoms with Crippen LogP contribution in [-0.2, 0) is 17.6 Å². The Balaban J connectivity index is 1.45. The van der Waals surface area contributed by atoms with E-state index < -0.39 is 0 Å². The van der Waals surface area contributed by atoms with Crippen LogP contribution in [0.25, 0.3) is 0 Å². The van der Waals surface area contributed by atoms with E-state index in [2.05, 4.69) is 28.8 Å². The Labute approximate surface area is 180 Å². The fourth-order valence-corrected chi connectivity index (χ4v) is 5.97. The fourth-order valence-electron chi connectivity index (χ4n) is 5.97. The van der Waals surface area contributed by atoms with Crippen molar-refractivity contribution in [3.05, 3.63) is 11.3 Å². The summed E-state index contributed by atoms with van der Waals surface area (Å²) < 4.78 is 0. The van der Waals surface area contributed by atoms with E-state index in [9.17, 15) is 4.79 Å². The maximum Gasteiger partial charge on any atom is 0.227 e. The molecule has 2 aliphatic heterocycles. The van der Waals surface area contributed by atoms with Crippen LogP contribution in [0.4, 0.5) is 11.8 Å². The Morgan fingerprint density at radius 1 is 1.07 bits per heavy atom. The van der Waals surface area contributed by atoms with Crippen LogP contribution in [0.2, 0.25) is 0 Å². The molecule has 5 rings (SSSR count). The average Bonchev–Trinajstić information content (AvgIpc) is 3.42. The lowest BCUT2D eigenvalue weighted by atomic mass is 9.80. The van der Waals surface area contributed by atoms with Crippen molar-refractivity contribution in [1.29, 1.82) is 0 Å². The van der Waals surface area contributed by atoms with Crippen molar-refractivity contribution in [3.63, 3.8) is 0 Å². The van der Waals surface area contributed by atoms with E-state index in [0.29, 0.717) is 17.7 Å². The molecule has 4 aliphatic rings. The Hall–Kier alpha value is -1.89. The Morgan fingerprint density at radius 3 is 2.53 bits per heavy atom. The summed E-state index contributed by atoms with van der Waals surface area (Å²) in [5.41, 5.74) is 2.76. The number of rotatable bonds is 5. The lowest BCUT2D eigenvalue weighted by Crippen LogP contribution is -2.43. The van der Waals surface area contributed by atoms with Crippen molar-refractivity contribution in [2.75, 3.05) is 70.7 Å². The van der Waals surface area contributed by atoms with Gasteiger partial charge >= 0.3 is 0 Å². The monoisotopic (exact) mass is 412 g/mol. The topological polar surface area (TPSA) is 55.8 Å². The van der Waals surface area contributed by atoms with E-state index in [4.69, 9.17) is 9.97 Å². The summed E-state index contributed by atoms with van der Waals surface area (Å²) in [6.45, 7) is 4.82. The number of aromatic nitrogens is 2. The third-order valence-corrected chi connectivity index (χ3v) is 7.48.